The van der Waals surface area contributed by atoms with E-state index in [1.807, 2.05) is 0 Å². The van der Waals surface area contributed by atoms with Crippen LogP contribution in [0.2, 0.25) is 5.02 Å². The number of rotatable bonds is 1. The van der Waals surface area contributed by atoms with Crippen molar-refractivity contribution < 1.29 is 4.79 Å². The number of carbonyl (C=O) groups is 1. The minimum atomic E-state index is -0.459. The van der Waals surface area contributed by atoms with Crippen LogP contribution in [0, 0.1) is 0 Å². The molecule has 0 spiro atoms. The molecule has 0 aliphatic carbocycles. The summed E-state index contributed by atoms with van der Waals surface area (Å²) in [5.41, 5.74) is 6.36. The first-order chi connectivity index (χ1) is 6.68. The van der Waals surface area contributed by atoms with Crippen LogP contribution < -0.4 is 5.73 Å². The zero-order valence-corrected chi connectivity index (χ0v) is 7.95. The van der Waals surface area contributed by atoms with Crippen LogP contribution in [0.15, 0.2) is 30.5 Å². The maximum atomic E-state index is 11.1. The predicted molar refractivity (Wildman–Crippen MR) is 55.3 cm³/mol. The Bertz CT molecular complexity index is 510. The molecule has 0 unspecified atom stereocenters. The Labute approximate surface area is 85.5 Å². The van der Waals surface area contributed by atoms with Gasteiger partial charge in [0.2, 0.25) is 5.91 Å². The molecule has 0 radical (unpaired) electrons. The van der Waals surface area contributed by atoms with Gasteiger partial charge in [0.15, 0.2) is 0 Å². The van der Waals surface area contributed by atoms with E-state index in [4.69, 9.17) is 17.3 Å². The van der Waals surface area contributed by atoms with Crippen LogP contribution >= 0.6 is 11.6 Å². The molecule has 0 bridgehead atoms. The highest BCUT2D eigenvalue weighted by Crippen LogP contribution is 2.20. The molecular weight excluding hydrogens is 200 g/mol. The Balaban J connectivity index is 2.81. The fourth-order valence-electron chi connectivity index (χ4n) is 1.34. The quantitative estimate of drug-likeness (QED) is 0.776. The minimum absolute atomic E-state index is 0.459. The Kier molecular flexibility index (Phi) is 2.09. The van der Waals surface area contributed by atoms with E-state index >= 15 is 0 Å². The van der Waals surface area contributed by atoms with Crippen LogP contribution in [0.5, 0.6) is 0 Å². The summed E-state index contributed by atoms with van der Waals surface area (Å²) < 4.78 is 0. The zero-order chi connectivity index (χ0) is 10.1. The highest BCUT2D eigenvalue weighted by molar-refractivity contribution is 6.31. The van der Waals surface area contributed by atoms with Gasteiger partial charge in [0.1, 0.15) is 0 Å². The number of pyridine rings is 1. The van der Waals surface area contributed by atoms with Gasteiger partial charge in [-0.05, 0) is 18.2 Å². The third kappa shape index (κ3) is 1.42. The first-order valence-corrected chi connectivity index (χ1v) is 4.40. The monoisotopic (exact) mass is 206 g/mol. The van der Waals surface area contributed by atoms with Crippen molar-refractivity contribution in [3.8, 4) is 0 Å². The van der Waals surface area contributed by atoms with Gasteiger partial charge in [-0.1, -0.05) is 17.7 Å². The minimum Gasteiger partial charge on any atom is -0.366 e. The second-order valence-electron chi connectivity index (χ2n) is 2.88. The molecule has 0 saturated carbocycles. The summed E-state index contributed by atoms with van der Waals surface area (Å²) in [5, 5.41) is 1.32. The molecule has 2 N–H and O–H groups in total. The van der Waals surface area contributed by atoms with Crippen molar-refractivity contribution in [1.82, 2.24) is 4.98 Å². The number of halogens is 1. The second-order valence-corrected chi connectivity index (χ2v) is 3.32. The van der Waals surface area contributed by atoms with E-state index in [1.165, 1.54) is 0 Å². The summed E-state index contributed by atoms with van der Waals surface area (Å²) in [6.07, 6.45) is 1.54. The normalized spacial score (nSPS) is 10.4. The highest BCUT2D eigenvalue weighted by Gasteiger charge is 2.06. The summed E-state index contributed by atoms with van der Waals surface area (Å²) in [4.78, 5) is 15.2. The standard InChI is InChI=1S/C10H7ClN2O/c11-6-1-2-7-8(10(12)14)3-4-13-9(7)5-6/h1-5H,(H2,12,14). The largest absolute Gasteiger partial charge is 0.366 e. The molecule has 0 fully saturated rings. The fraction of sp³-hybridized carbons (Fsp3) is 0. The maximum absolute atomic E-state index is 11.1. The second kappa shape index (κ2) is 3.27. The molecule has 14 heavy (non-hydrogen) atoms. The fourth-order valence-corrected chi connectivity index (χ4v) is 1.50. The Hall–Kier alpha value is -1.61. The number of nitrogens with zero attached hydrogens (tertiary/aromatic N) is 1. The molecule has 1 aromatic heterocycles. The Morgan fingerprint density at radius 2 is 2.14 bits per heavy atom. The summed E-state index contributed by atoms with van der Waals surface area (Å²) in [6, 6.07) is 6.74. The van der Waals surface area contributed by atoms with Gasteiger partial charge in [-0.2, -0.15) is 0 Å². The van der Waals surface area contributed by atoms with Gasteiger partial charge in [0.25, 0.3) is 0 Å². The maximum Gasteiger partial charge on any atom is 0.249 e. The van der Waals surface area contributed by atoms with E-state index in [-0.39, 0.29) is 0 Å². The lowest BCUT2D eigenvalue weighted by Crippen LogP contribution is -2.11. The van der Waals surface area contributed by atoms with Crippen molar-refractivity contribution in [3.05, 3.63) is 41.0 Å². The molecule has 70 valence electrons. The topological polar surface area (TPSA) is 56.0 Å². The van der Waals surface area contributed by atoms with Crippen molar-refractivity contribution in [2.24, 2.45) is 5.73 Å². The Morgan fingerprint density at radius 1 is 1.36 bits per heavy atom. The third-order valence-corrected chi connectivity index (χ3v) is 2.21. The van der Waals surface area contributed by atoms with Crippen molar-refractivity contribution >= 4 is 28.4 Å². The summed E-state index contributed by atoms with van der Waals surface area (Å²) in [7, 11) is 0. The number of aromatic nitrogens is 1. The molecule has 0 aliphatic rings. The van der Waals surface area contributed by atoms with Crippen LogP contribution in [-0.4, -0.2) is 10.9 Å². The first-order valence-electron chi connectivity index (χ1n) is 4.02. The van der Waals surface area contributed by atoms with Gasteiger partial charge in [-0.3, -0.25) is 9.78 Å². The van der Waals surface area contributed by atoms with E-state index in [1.54, 1.807) is 30.5 Å². The van der Waals surface area contributed by atoms with Crippen molar-refractivity contribution in [2.45, 2.75) is 0 Å². The molecule has 1 amide bonds. The molecular formula is C10H7ClN2O. The summed E-state index contributed by atoms with van der Waals surface area (Å²) in [6.45, 7) is 0. The van der Waals surface area contributed by atoms with Gasteiger partial charge < -0.3 is 5.73 Å². The SMILES string of the molecule is NC(=O)c1ccnc2cc(Cl)ccc12. The molecule has 0 aliphatic heterocycles. The van der Waals surface area contributed by atoms with Crippen LogP contribution in [-0.2, 0) is 0 Å². The number of hydrogen-bond acceptors (Lipinski definition) is 2. The summed E-state index contributed by atoms with van der Waals surface area (Å²) in [5.74, 6) is -0.459. The first kappa shape index (κ1) is 8.97. The zero-order valence-electron chi connectivity index (χ0n) is 7.20. The van der Waals surface area contributed by atoms with E-state index in [9.17, 15) is 4.79 Å². The predicted octanol–water partition coefficient (Wildman–Crippen LogP) is 1.99. The van der Waals surface area contributed by atoms with E-state index in [0.29, 0.717) is 16.1 Å². The van der Waals surface area contributed by atoms with Crippen LogP contribution in [0.3, 0.4) is 0 Å². The Morgan fingerprint density at radius 3 is 2.86 bits per heavy atom. The van der Waals surface area contributed by atoms with E-state index in [2.05, 4.69) is 4.98 Å². The number of benzene rings is 1. The van der Waals surface area contributed by atoms with Crippen LogP contribution in [0.1, 0.15) is 10.4 Å². The molecule has 2 rings (SSSR count). The van der Waals surface area contributed by atoms with Gasteiger partial charge in [-0.25, -0.2) is 0 Å². The van der Waals surface area contributed by atoms with Crippen LogP contribution in [0.25, 0.3) is 10.9 Å². The number of hydrogen-bond donors (Lipinski definition) is 1. The molecule has 0 saturated heterocycles. The summed E-state index contributed by atoms with van der Waals surface area (Å²) >= 11 is 5.79. The molecule has 3 nitrogen and oxygen atoms in total. The van der Waals surface area contributed by atoms with Gasteiger partial charge >= 0.3 is 0 Å². The molecule has 1 heterocycles. The van der Waals surface area contributed by atoms with Crippen molar-refractivity contribution in [1.29, 1.82) is 0 Å². The van der Waals surface area contributed by atoms with E-state index < -0.39 is 5.91 Å². The third-order valence-electron chi connectivity index (χ3n) is 1.97. The average molecular weight is 207 g/mol. The van der Waals surface area contributed by atoms with Gasteiger partial charge in [0.05, 0.1) is 11.1 Å². The van der Waals surface area contributed by atoms with Crippen molar-refractivity contribution in [3.63, 3.8) is 0 Å². The highest BCUT2D eigenvalue weighted by atomic mass is 35.5. The molecule has 1 aromatic carbocycles. The van der Waals surface area contributed by atoms with Crippen molar-refractivity contribution in [2.75, 3.05) is 0 Å². The molecule has 4 heteroatoms. The number of nitrogens with two attached hydrogens (primary N) is 1. The lowest BCUT2D eigenvalue weighted by molar-refractivity contribution is 0.100. The lowest BCUT2D eigenvalue weighted by Gasteiger charge is -2.01. The van der Waals surface area contributed by atoms with Gasteiger partial charge in [0, 0.05) is 16.6 Å². The van der Waals surface area contributed by atoms with Gasteiger partial charge in [-0.15, -0.1) is 0 Å². The number of fused-ring (bicyclic) bond motifs is 1. The smallest absolute Gasteiger partial charge is 0.249 e. The number of amides is 1. The number of carbonyl (C=O) groups excluding carboxylic acids is 1. The average Bonchev–Trinajstić information content (AvgIpc) is 2.16. The number of primary amides is 1. The van der Waals surface area contributed by atoms with E-state index in [0.717, 1.165) is 5.39 Å². The van der Waals surface area contributed by atoms with Crippen LogP contribution in [0.4, 0.5) is 0 Å². The lowest BCUT2D eigenvalue weighted by atomic mass is 10.1. The molecule has 2 aromatic rings. The molecule has 0 atom stereocenters.